The highest BCUT2D eigenvalue weighted by molar-refractivity contribution is 5.92. The third-order valence-corrected chi connectivity index (χ3v) is 4.43. The zero-order chi connectivity index (χ0) is 15.4. The lowest BCUT2D eigenvalue weighted by molar-refractivity contribution is -0.117. The van der Waals surface area contributed by atoms with E-state index < -0.39 is 0 Å². The number of nitrogens with one attached hydrogen (secondary N) is 2. The van der Waals surface area contributed by atoms with Gasteiger partial charge in [-0.25, -0.2) is 4.39 Å². The Morgan fingerprint density at radius 2 is 2.09 bits per heavy atom. The van der Waals surface area contributed by atoms with Crippen LogP contribution in [0.1, 0.15) is 6.42 Å². The fourth-order valence-corrected chi connectivity index (χ4v) is 3.21. The smallest absolute Gasteiger partial charge is 0.238 e. The Balaban J connectivity index is 0.00000192. The predicted molar refractivity (Wildman–Crippen MR) is 91.6 cm³/mol. The second-order valence-corrected chi connectivity index (χ2v) is 6.02. The van der Waals surface area contributed by atoms with Crippen molar-refractivity contribution in [3.8, 4) is 0 Å². The Bertz CT molecular complexity index is 517. The van der Waals surface area contributed by atoms with Crippen LogP contribution in [0.3, 0.4) is 0 Å². The summed E-state index contributed by atoms with van der Waals surface area (Å²) in [4.78, 5) is 16.7. The van der Waals surface area contributed by atoms with Gasteiger partial charge in [-0.1, -0.05) is 6.07 Å². The summed E-state index contributed by atoms with van der Waals surface area (Å²) >= 11 is 0. The summed E-state index contributed by atoms with van der Waals surface area (Å²) in [6.45, 7) is 6.41. The number of rotatable bonds is 4. The van der Waals surface area contributed by atoms with Crippen LogP contribution in [0.5, 0.6) is 0 Å². The Morgan fingerprint density at radius 3 is 2.74 bits per heavy atom. The molecular weight excluding hydrogens is 319 g/mol. The van der Waals surface area contributed by atoms with Gasteiger partial charge in [0.05, 0.1) is 6.54 Å². The molecule has 1 amide bonds. The molecule has 0 aromatic heterocycles. The van der Waals surface area contributed by atoms with Gasteiger partial charge in [-0.3, -0.25) is 14.6 Å². The van der Waals surface area contributed by atoms with E-state index in [-0.39, 0.29) is 24.1 Å². The highest BCUT2D eigenvalue weighted by atomic mass is 35.5. The molecule has 1 atom stereocenters. The van der Waals surface area contributed by atoms with Gasteiger partial charge in [-0.2, -0.15) is 0 Å². The predicted octanol–water partition coefficient (Wildman–Crippen LogP) is 1.17. The van der Waals surface area contributed by atoms with E-state index >= 15 is 0 Å². The van der Waals surface area contributed by atoms with E-state index in [1.165, 1.54) is 18.6 Å². The Kier molecular flexibility index (Phi) is 6.77. The molecular formula is C16H24ClFN4O. The van der Waals surface area contributed by atoms with Crippen molar-refractivity contribution in [3.63, 3.8) is 0 Å². The molecule has 0 aliphatic carbocycles. The number of amides is 1. The number of nitrogens with zero attached hydrogens (tertiary/aromatic N) is 2. The monoisotopic (exact) mass is 342 g/mol. The summed E-state index contributed by atoms with van der Waals surface area (Å²) in [6.07, 6.45) is 1.22. The van der Waals surface area contributed by atoms with E-state index in [1.54, 1.807) is 12.1 Å². The zero-order valence-electron chi connectivity index (χ0n) is 13.1. The van der Waals surface area contributed by atoms with E-state index in [4.69, 9.17) is 0 Å². The van der Waals surface area contributed by atoms with Crippen molar-refractivity contribution >= 4 is 24.0 Å². The second kappa shape index (κ2) is 8.59. The molecule has 2 aliphatic heterocycles. The third-order valence-electron chi connectivity index (χ3n) is 4.43. The zero-order valence-corrected chi connectivity index (χ0v) is 13.9. The van der Waals surface area contributed by atoms with Crippen molar-refractivity contribution in [1.29, 1.82) is 0 Å². The quantitative estimate of drug-likeness (QED) is 0.862. The van der Waals surface area contributed by atoms with E-state index in [0.29, 0.717) is 18.3 Å². The van der Waals surface area contributed by atoms with E-state index in [0.717, 1.165) is 39.3 Å². The Morgan fingerprint density at radius 1 is 1.30 bits per heavy atom. The first-order valence-electron chi connectivity index (χ1n) is 7.93. The maximum absolute atomic E-state index is 13.1. The van der Waals surface area contributed by atoms with E-state index in [1.807, 2.05) is 0 Å². The second-order valence-electron chi connectivity index (χ2n) is 6.02. The number of hydrogen-bond acceptors (Lipinski definition) is 4. The highest BCUT2D eigenvalue weighted by Crippen LogP contribution is 2.12. The number of benzene rings is 1. The molecule has 2 N–H and O–H groups in total. The van der Waals surface area contributed by atoms with Gasteiger partial charge in [0, 0.05) is 44.5 Å². The van der Waals surface area contributed by atoms with Crippen LogP contribution in [0.25, 0.3) is 0 Å². The summed E-state index contributed by atoms with van der Waals surface area (Å²) in [6, 6.07) is 6.66. The van der Waals surface area contributed by atoms with E-state index in [2.05, 4.69) is 20.4 Å². The molecule has 7 heteroatoms. The van der Waals surface area contributed by atoms with Gasteiger partial charge in [0.1, 0.15) is 5.82 Å². The number of halogens is 2. The lowest BCUT2D eigenvalue weighted by Crippen LogP contribution is -2.52. The summed E-state index contributed by atoms with van der Waals surface area (Å²) in [5.74, 6) is -0.418. The number of carbonyl (C=O) groups is 1. The average molecular weight is 343 g/mol. The van der Waals surface area contributed by atoms with Crippen LogP contribution in [0, 0.1) is 5.82 Å². The summed E-state index contributed by atoms with van der Waals surface area (Å²) in [5, 5.41) is 6.15. The first-order chi connectivity index (χ1) is 10.7. The first-order valence-corrected chi connectivity index (χ1v) is 7.93. The van der Waals surface area contributed by atoms with E-state index in [9.17, 15) is 9.18 Å². The molecule has 0 spiro atoms. The van der Waals surface area contributed by atoms with Gasteiger partial charge in [0.15, 0.2) is 0 Å². The van der Waals surface area contributed by atoms with Crippen LogP contribution in [-0.4, -0.2) is 67.6 Å². The Labute approximate surface area is 142 Å². The highest BCUT2D eigenvalue weighted by Gasteiger charge is 2.26. The standard InChI is InChI=1S/C16H23FN4O.ClH/c17-13-2-1-3-14(10-13)19-16(22)12-20-6-8-21(9-7-20)15-4-5-18-11-15;/h1-3,10,15,18H,4-9,11-12H2,(H,19,22);1H. The van der Waals surface area contributed by atoms with Crippen LogP contribution in [0.4, 0.5) is 10.1 Å². The largest absolute Gasteiger partial charge is 0.325 e. The van der Waals surface area contributed by atoms with Gasteiger partial charge in [0.25, 0.3) is 0 Å². The summed E-state index contributed by atoms with van der Waals surface area (Å²) in [5.41, 5.74) is 0.515. The fraction of sp³-hybridized carbons (Fsp3) is 0.562. The summed E-state index contributed by atoms with van der Waals surface area (Å²) < 4.78 is 13.1. The van der Waals surface area contributed by atoms with Crippen LogP contribution in [0.15, 0.2) is 24.3 Å². The fourth-order valence-electron chi connectivity index (χ4n) is 3.21. The molecule has 0 radical (unpaired) electrons. The van der Waals surface area contributed by atoms with Crippen LogP contribution in [-0.2, 0) is 4.79 Å². The van der Waals surface area contributed by atoms with Crippen molar-refractivity contribution in [2.75, 3.05) is 51.1 Å². The molecule has 0 saturated carbocycles. The maximum Gasteiger partial charge on any atom is 0.238 e. The molecule has 2 aliphatic rings. The molecule has 1 unspecified atom stereocenters. The Hall–Kier alpha value is -1.21. The van der Waals surface area contributed by atoms with Crippen LogP contribution >= 0.6 is 12.4 Å². The molecule has 2 heterocycles. The molecule has 1 aromatic rings. The first kappa shape index (κ1) is 18.1. The van der Waals surface area contributed by atoms with Gasteiger partial charge < -0.3 is 10.6 Å². The minimum absolute atomic E-state index is 0. The minimum atomic E-state index is -0.336. The van der Waals surface area contributed by atoms with Gasteiger partial charge in [-0.05, 0) is 31.2 Å². The lowest BCUT2D eigenvalue weighted by atomic mass is 10.2. The molecule has 23 heavy (non-hydrogen) atoms. The van der Waals surface area contributed by atoms with Gasteiger partial charge >= 0.3 is 0 Å². The molecule has 0 bridgehead atoms. The molecule has 3 rings (SSSR count). The lowest BCUT2D eigenvalue weighted by Gasteiger charge is -2.37. The van der Waals surface area contributed by atoms with Gasteiger partial charge in [-0.15, -0.1) is 12.4 Å². The average Bonchev–Trinajstić information content (AvgIpc) is 3.02. The summed E-state index contributed by atoms with van der Waals surface area (Å²) in [7, 11) is 0. The van der Waals surface area contributed by atoms with Crippen molar-refractivity contribution in [1.82, 2.24) is 15.1 Å². The van der Waals surface area contributed by atoms with Crippen molar-refractivity contribution in [2.45, 2.75) is 12.5 Å². The van der Waals surface area contributed by atoms with Crippen molar-refractivity contribution in [2.24, 2.45) is 0 Å². The third kappa shape index (κ3) is 5.14. The van der Waals surface area contributed by atoms with Crippen molar-refractivity contribution in [3.05, 3.63) is 30.1 Å². The van der Waals surface area contributed by atoms with Crippen molar-refractivity contribution < 1.29 is 9.18 Å². The van der Waals surface area contributed by atoms with Gasteiger partial charge in [0.2, 0.25) is 5.91 Å². The minimum Gasteiger partial charge on any atom is -0.325 e. The molecule has 128 valence electrons. The normalized spacial score (nSPS) is 22.6. The number of anilines is 1. The number of hydrogen-bond donors (Lipinski definition) is 2. The van der Waals surface area contributed by atoms with Crippen LogP contribution in [0.2, 0.25) is 0 Å². The number of carbonyl (C=O) groups excluding carboxylic acids is 1. The maximum atomic E-state index is 13.1. The molecule has 1 aromatic carbocycles. The number of piperazine rings is 1. The molecule has 2 fully saturated rings. The SMILES string of the molecule is Cl.O=C(CN1CCN(C2CCNC2)CC1)Nc1cccc(F)c1. The molecule has 5 nitrogen and oxygen atoms in total. The topological polar surface area (TPSA) is 47.6 Å². The molecule has 2 saturated heterocycles. The van der Waals surface area contributed by atoms with Crippen LogP contribution < -0.4 is 10.6 Å².